The van der Waals surface area contributed by atoms with E-state index in [9.17, 15) is 14.4 Å². The predicted octanol–water partition coefficient (Wildman–Crippen LogP) is -0.682. The van der Waals surface area contributed by atoms with Gasteiger partial charge >= 0.3 is 12.1 Å². The van der Waals surface area contributed by atoms with Gasteiger partial charge in [0.25, 0.3) is 0 Å². The summed E-state index contributed by atoms with van der Waals surface area (Å²) in [4.78, 5) is 30.6. The van der Waals surface area contributed by atoms with Crippen molar-refractivity contribution < 1.29 is 29.0 Å². The molecule has 7 heteroatoms. The highest BCUT2D eigenvalue weighted by Gasteiger charge is 2.06. The summed E-state index contributed by atoms with van der Waals surface area (Å²) in [7, 11) is 0. The van der Waals surface area contributed by atoms with E-state index in [1.807, 2.05) is 0 Å². The van der Waals surface area contributed by atoms with E-state index in [2.05, 4.69) is 14.8 Å². The minimum Gasteiger partial charge on any atom is -0.479 e. The van der Waals surface area contributed by atoms with Crippen molar-refractivity contribution in [2.24, 2.45) is 0 Å². The second kappa shape index (κ2) is 5.81. The Hall–Kier alpha value is -1.79. The molecule has 0 heterocycles. The van der Waals surface area contributed by atoms with Crippen molar-refractivity contribution in [1.29, 1.82) is 0 Å². The largest absolute Gasteiger partial charge is 0.510 e. The van der Waals surface area contributed by atoms with E-state index < -0.39 is 18.7 Å². The lowest BCUT2D eigenvalue weighted by Gasteiger charge is -2.03. The van der Waals surface area contributed by atoms with Gasteiger partial charge in [0.05, 0.1) is 0 Å². The monoisotopic (exact) mass is 191 g/mol. The van der Waals surface area contributed by atoms with Gasteiger partial charge in [-0.2, -0.15) is 0 Å². The van der Waals surface area contributed by atoms with Crippen molar-refractivity contribution in [3.05, 3.63) is 0 Å². The molecule has 0 aliphatic carbocycles. The summed E-state index contributed by atoms with van der Waals surface area (Å²) in [5.41, 5.74) is 0. The van der Waals surface area contributed by atoms with Crippen LogP contribution >= 0.6 is 0 Å². The number of carboxylic acid groups (broad SMARTS) is 1. The molecule has 0 aromatic carbocycles. The first-order chi connectivity index (χ1) is 6.02. The number of amides is 1. The highest BCUT2D eigenvalue weighted by molar-refractivity contribution is 5.73. The van der Waals surface area contributed by atoms with Gasteiger partial charge in [0, 0.05) is 6.92 Å². The molecule has 0 aliphatic heterocycles. The van der Waals surface area contributed by atoms with Gasteiger partial charge in [0.15, 0.2) is 13.3 Å². The average molecular weight is 191 g/mol. The number of aliphatic carboxylic acids is 1. The van der Waals surface area contributed by atoms with E-state index in [-0.39, 0.29) is 12.6 Å². The number of carbonyl (C=O) groups is 3. The number of carbonyl (C=O) groups excluding carboxylic acids is 2. The van der Waals surface area contributed by atoms with Gasteiger partial charge in [0.1, 0.15) is 0 Å². The van der Waals surface area contributed by atoms with Crippen LogP contribution in [-0.2, 0) is 19.1 Å². The van der Waals surface area contributed by atoms with Crippen molar-refractivity contribution in [3.8, 4) is 0 Å². The molecule has 0 aromatic heterocycles. The fourth-order valence-corrected chi connectivity index (χ4v) is 0.359. The van der Waals surface area contributed by atoms with Crippen molar-refractivity contribution >= 4 is 18.0 Å². The normalized spacial score (nSPS) is 8.69. The molecule has 0 atom stereocenters. The predicted molar refractivity (Wildman–Crippen MR) is 38.8 cm³/mol. The van der Waals surface area contributed by atoms with Crippen LogP contribution in [0.3, 0.4) is 0 Å². The molecule has 0 rings (SSSR count). The van der Waals surface area contributed by atoms with Crippen molar-refractivity contribution in [1.82, 2.24) is 5.32 Å². The quantitative estimate of drug-likeness (QED) is 0.450. The summed E-state index contributed by atoms with van der Waals surface area (Å²) in [6.07, 6.45) is -1.14. The Morgan fingerprint density at radius 2 is 1.92 bits per heavy atom. The maximum atomic E-state index is 10.5. The minimum absolute atomic E-state index is 0.339. The molecule has 0 saturated carbocycles. The summed E-state index contributed by atoms with van der Waals surface area (Å²) < 4.78 is 8.32. The van der Waals surface area contributed by atoms with Crippen LogP contribution in [0.1, 0.15) is 6.92 Å². The van der Waals surface area contributed by atoms with Crippen molar-refractivity contribution in [3.63, 3.8) is 0 Å². The molecule has 2 N–H and O–H groups in total. The maximum Gasteiger partial charge on any atom is 0.510 e. The molecule has 74 valence electrons. The smallest absolute Gasteiger partial charge is 0.479 e. The molecule has 7 nitrogen and oxygen atoms in total. The summed E-state index contributed by atoms with van der Waals surface area (Å²) in [5.74, 6) is -1.65. The SMILES string of the molecule is CC(=O)NCOC(=O)OCC(=O)O. The van der Waals surface area contributed by atoms with Gasteiger partial charge in [-0.1, -0.05) is 0 Å². The van der Waals surface area contributed by atoms with Gasteiger partial charge in [-0.25, -0.2) is 9.59 Å². The van der Waals surface area contributed by atoms with Crippen LogP contribution in [0.4, 0.5) is 4.79 Å². The molecule has 0 spiro atoms. The standard InChI is InChI=1S/C6H9NO6/c1-4(8)7-3-13-6(11)12-2-5(9)10/h2-3H2,1H3,(H,7,8)(H,9,10). The van der Waals surface area contributed by atoms with Gasteiger partial charge < -0.3 is 19.9 Å². The zero-order valence-electron chi connectivity index (χ0n) is 6.90. The van der Waals surface area contributed by atoms with Crippen molar-refractivity contribution in [2.75, 3.05) is 13.3 Å². The Balaban J connectivity index is 3.41. The number of nitrogens with one attached hydrogen (secondary N) is 1. The van der Waals surface area contributed by atoms with Crippen LogP contribution in [-0.4, -0.2) is 36.5 Å². The van der Waals surface area contributed by atoms with Gasteiger partial charge in [0.2, 0.25) is 5.91 Å². The number of hydrogen-bond donors (Lipinski definition) is 2. The van der Waals surface area contributed by atoms with Gasteiger partial charge in [-0.15, -0.1) is 0 Å². The molecule has 0 bridgehead atoms. The van der Waals surface area contributed by atoms with Crippen LogP contribution in [0.25, 0.3) is 0 Å². The van der Waals surface area contributed by atoms with E-state index in [4.69, 9.17) is 5.11 Å². The maximum absolute atomic E-state index is 10.5. The molecule has 0 aromatic rings. The topological polar surface area (TPSA) is 102 Å². The number of carboxylic acids is 1. The van der Waals surface area contributed by atoms with E-state index in [0.717, 1.165) is 0 Å². The summed E-state index contributed by atoms with van der Waals surface area (Å²) in [6, 6.07) is 0. The number of ether oxygens (including phenoxy) is 2. The first kappa shape index (κ1) is 11.2. The van der Waals surface area contributed by atoms with Crippen LogP contribution in [0.15, 0.2) is 0 Å². The third-order valence-corrected chi connectivity index (χ3v) is 0.825. The Bertz CT molecular complexity index is 213. The van der Waals surface area contributed by atoms with Crippen LogP contribution in [0.2, 0.25) is 0 Å². The van der Waals surface area contributed by atoms with Crippen LogP contribution in [0.5, 0.6) is 0 Å². The molecule has 0 aliphatic rings. The van der Waals surface area contributed by atoms with E-state index in [1.54, 1.807) is 0 Å². The first-order valence-electron chi connectivity index (χ1n) is 3.28. The highest BCUT2D eigenvalue weighted by Crippen LogP contribution is 1.83. The lowest BCUT2D eigenvalue weighted by atomic mass is 10.7. The fraction of sp³-hybridized carbons (Fsp3) is 0.500. The minimum atomic E-state index is -1.28. The Labute approximate surface area is 73.6 Å². The van der Waals surface area contributed by atoms with E-state index >= 15 is 0 Å². The molecular formula is C6H9NO6. The molecule has 0 radical (unpaired) electrons. The zero-order chi connectivity index (χ0) is 10.3. The molecule has 0 unspecified atom stereocenters. The first-order valence-corrected chi connectivity index (χ1v) is 3.28. The third-order valence-electron chi connectivity index (χ3n) is 0.825. The second-order valence-electron chi connectivity index (χ2n) is 1.95. The zero-order valence-corrected chi connectivity index (χ0v) is 6.90. The average Bonchev–Trinajstić information content (AvgIpc) is 2.00. The number of rotatable bonds is 4. The van der Waals surface area contributed by atoms with E-state index in [1.165, 1.54) is 6.92 Å². The van der Waals surface area contributed by atoms with Crippen LogP contribution < -0.4 is 5.32 Å². The summed E-state index contributed by atoms with van der Waals surface area (Å²) in [6.45, 7) is 0.138. The molecule has 0 fully saturated rings. The molecule has 1 amide bonds. The lowest BCUT2D eigenvalue weighted by molar-refractivity contribution is -0.141. The Morgan fingerprint density at radius 3 is 2.38 bits per heavy atom. The Morgan fingerprint density at radius 1 is 1.31 bits per heavy atom. The van der Waals surface area contributed by atoms with Crippen LogP contribution in [0, 0.1) is 0 Å². The van der Waals surface area contributed by atoms with Gasteiger partial charge in [-0.05, 0) is 0 Å². The fourth-order valence-electron chi connectivity index (χ4n) is 0.359. The lowest BCUT2D eigenvalue weighted by Crippen LogP contribution is -2.26. The number of hydrogen-bond acceptors (Lipinski definition) is 5. The van der Waals surface area contributed by atoms with E-state index in [0.29, 0.717) is 0 Å². The Kier molecular flexibility index (Phi) is 5.01. The summed E-state index contributed by atoms with van der Waals surface area (Å²) >= 11 is 0. The van der Waals surface area contributed by atoms with Crippen molar-refractivity contribution in [2.45, 2.75) is 6.92 Å². The molecule has 0 saturated heterocycles. The molecular weight excluding hydrogens is 182 g/mol. The summed E-state index contributed by atoms with van der Waals surface area (Å²) in [5, 5.41) is 10.2. The second-order valence-corrected chi connectivity index (χ2v) is 1.95. The molecule has 13 heavy (non-hydrogen) atoms. The highest BCUT2D eigenvalue weighted by atomic mass is 16.7. The third kappa shape index (κ3) is 8.11. The van der Waals surface area contributed by atoms with Gasteiger partial charge in [-0.3, -0.25) is 4.79 Å².